The molecule has 4 nitrogen and oxygen atoms in total. The van der Waals surface area contributed by atoms with Gasteiger partial charge >= 0.3 is 0 Å². The molecule has 0 unspecified atom stereocenters. The lowest BCUT2D eigenvalue weighted by molar-refractivity contribution is -0.662. The number of nitrogens with zero attached hydrogens (tertiary/aromatic N) is 4. The molecule has 2 aromatic carbocycles. The largest absolute Gasteiger partial charge is 0.287 e. The van der Waals surface area contributed by atoms with Crippen LogP contribution in [0.5, 0.6) is 0 Å². The highest BCUT2D eigenvalue weighted by molar-refractivity contribution is 5.93. The third-order valence-electron chi connectivity index (χ3n) is 4.87. The molecule has 0 aliphatic rings. The minimum Gasteiger partial charge on any atom is -0.237 e. The number of fused-ring (bicyclic) bond motifs is 1. The van der Waals surface area contributed by atoms with Crippen LogP contribution in [0.1, 0.15) is 16.7 Å². The predicted octanol–water partition coefficient (Wildman–Crippen LogP) is 4.11. The van der Waals surface area contributed by atoms with E-state index in [-0.39, 0.29) is 0 Å². The Hall–Kier alpha value is -3.14. The monoisotopic (exact) mass is 341 g/mol. The third kappa shape index (κ3) is 2.73. The summed E-state index contributed by atoms with van der Waals surface area (Å²) in [6.07, 6.45) is 5.40. The van der Waals surface area contributed by atoms with Gasteiger partial charge in [-0.15, -0.1) is 0 Å². The Bertz CT molecular complexity index is 1120. The summed E-state index contributed by atoms with van der Waals surface area (Å²) < 4.78 is 2.10. The average Bonchev–Trinajstić information content (AvgIpc) is 2.65. The van der Waals surface area contributed by atoms with Crippen molar-refractivity contribution in [3.63, 3.8) is 0 Å². The van der Waals surface area contributed by atoms with Crippen LogP contribution in [-0.4, -0.2) is 15.0 Å². The van der Waals surface area contributed by atoms with E-state index in [2.05, 4.69) is 70.6 Å². The summed E-state index contributed by atoms with van der Waals surface area (Å²) in [6.45, 7) is 6.49. The molecule has 0 atom stereocenters. The third-order valence-corrected chi connectivity index (χ3v) is 4.87. The first-order valence-corrected chi connectivity index (χ1v) is 8.68. The van der Waals surface area contributed by atoms with Crippen molar-refractivity contribution < 1.29 is 4.57 Å². The minimum atomic E-state index is 0.716. The second-order valence-corrected chi connectivity index (χ2v) is 6.76. The molecule has 0 spiro atoms. The van der Waals surface area contributed by atoms with Crippen molar-refractivity contribution >= 4 is 10.9 Å². The van der Waals surface area contributed by atoms with Crippen molar-refractivity contribution in [2.45, 2.75) is 20.8 Å². The summed E-state index contributed by atoms with van der Waals surface area (Å²) >= 11 is 0. The summed E-state index contributed by atoms with van der Waals surface area (Å²) in [6, 6.07) is 12.6. The first-order chi connectivity index (χ1) is 12.5. The van der Waals surface area contributed by atoms with Crippen LogP contribution in [0.4, 0.5) is 0 Å². The lowest BCUT2D eigenvalue weighted by Crippen LogP contribution is -2.32. The van der Waals surface area contributed by atoms with E-state index in [1.54, 1.807) is 12.4 Å². The van der Waals surface area contributed by atoms with Gasteiger partial charge in [0.15, 0.2) is 11.3 Å². The molecule has 26 heavy (non-hydrogen) atoms. The van der Waals surface area contributed by atoms with E-state index in [1.165, 1.54) is 27.9 Å². The van der Waals surface area contributed by atoms with E-state index in [4.69, 9.17) is 0 Å². The summed E-state index contributed by atoms with van der Waals surface area (Å²) in [7, 11) is 2.05. The maximum Gasteiger partial charge on any atom is 0.287 e. The van der Waals surface area contributed by atoms with Gasteiger partial charge in [-0.3, -0.25) is 0 Å². The van der Waals surface area contributed by atoms with Gasteiger partial charge in [-0.2, -0.15) is 0 Å². The predicted molar refractivity (Wildman–Crippen MR) is 104 cm³/mol. The molecule has 0 N–H and O–H groups in total. The average molecular weight is 341 g/mol. The normalized spacial score (nSPS) is 11.1. The van der Waals surface area contributed by atoms with Gasteiger partial charge in [0.2, 0.25) is 0 Å². The summed E-state index contributed by atoms with van der Waals surface area (Å²) in [5, 5.41) is 1.13. The zero-order valence-corrected chi connectivity index (χ0v) is 15.5. The number of aromatic nitrogens is 4. The van der Waals surface area contributed by atoms with E-state index >= 15 is 0 Å². The summed E-state index contributed by atoms with van der Waals surface area (Å²) in [4.78, 5) is 13.3. The first kappa shape index (κ1) is 16.3. The van der Waals surface area contributed by atoms with Crippen LogP contribution >= 0.6 is 0 Å². The van der Waals surface area contributed by atoms with Crippen molar-refractivity contribution in [3.8, 4) is 22.6 Å². The molecule has 0 amide bonds. The highest BCUT2D eigenvalue weighted by atomic mass is 15.0. The topological polar surface area (TPSA) is 42.6 Å². The van der Waals surface area contributed by atoms with Crippen molar-refractivity contribution in [1.82, 2.24) is 15.0 Å². The van der Waals surface area contributed by atoms with Crippen LogP contribution in [-0.2, 0) is 7.05 Å². The van der Waals surface area contributed by atoms with E-state index in [0.29, 0.717) is 5.82 Å². The first-order valence-electron chi connectivity index (χ1n) is 8.68. The molecule has 2 heterocycles. The molecule has 128 valence electrons. The highest BCUT2D eigenvalue weighted by Crippen LogP contribution is 2.31. The maximum absolute atomic E-state index is 4.63. The maximum atomic E-state index is 4.63. The zero-order valence-electron chi connectivity index (χ0n) is 15.5. The van der Waals surface area contributed by atoms with Gasteiger partial charge in [-0.1, -0.05) is 17.7 Å². The van der Waals surface area contributed by atoms with E-state index in [9.17, 15) is 0 Å². The fraction of sp³-hybridized carbons (Fsp3) is 0.182. The van der Waals surface area contributed by atoms with Gasteiger partial charge in [0.25, 0.3) is 6.33 Å². The van der Waals surface area contributed by atoms with Gasteiger partial charge in [-0.05, 0) is 55.1 Å². The van der Waals surface area contributed by atoms with Crippen LogP contribution in [0.2, 0.25) is 0 Å². The number of hydrogen-bond acceptors (Lipinski definition) is 3. The summed E-state index contributed by atoms with van der Waals surface area (Å²) in [5.41, 5.74) is 8.22. The second-order valence-electron chi connectivity index (χ2n) is 6.76. The Morgan fingerprint density at radius 3 is 2.42 bits per heavy atom. The van der Waals surface area contributed by atoms with Crippen LogP contribution < -0.4 is 4.57 Å². The van der Waals surface area contributed by atoms with Crippen molar-refractivity contribution in [2.24, 2.45) is 7.05 Å². The van der Waals surface area contributed by atoms with Crippen molar-refractivity contribution in [1.29, 1.82) is 0 Å². The van der Waals surface area contributed by atoms with Crippen molar-refractivity contribution in [2.75, 3.05) is 0 Å². The minimum absolute atomic E-state index is 0.716. The van der Waals surface area contributed by atoms with Gasteiger partial charge in [0.05, 0.1) is 12.4 Å². The molecule has 4 heteroatoms. The molecular weight excluding hydrogens is 320 g/mol. The zero-order chi connectivity index (χ0) is 18.3. The Morgan fingerprint density at radius 2 is 1.65 bits per heavy atom. The molecule has 0 radical (unpaired) electrons. The number of aryl methyl sites for hydroxylation is 3. The molecule has 0 saturated heterocycles. The molecule has 0 aliphatic heterocycles. The lowest BCUT2D eigenvalue weighted by Gasteiger charge is -2.12. The molecule has 4 rings (SSSR count). The van der Waals surface area contributed by atoms with Gasteiger partial charge in [0, 0.05) is 29.6 Å². The van der Waals surface area contributed by atoms with Crippen molar-refractivity contribution in [3.05, 3.63) is 71.8 Å². The highest BCUT2D eigenvalue weighted by Gasteiger charge is 2.18. The smallest absolute Gasteiger partial charge is 0.237 e. The Balaban J connectivity index is 1.98. The number of benzene rings is 2. The Morgan fingerprint density at radius 1 is 0.885 bits per heavy atom. The SMILES string of the molecule is Cc1cc(C)c(C)c(-c2c3ccc(-c4ncccn4)cc3nc[n+]2C)c1. The van der Waals surface area contributed by atoms with E-state index in [0.717, 1.165) is 16.5 Å². The van der Waals surface area contributed by atoms with Crippen LogP contribution in [0.25, 0.3) is 33.5 Å². The van der Waals surface area contributed by atoms with E-state index in [1.807, 2.05) is 19.4 Å². The van der Waals surface area contributed by atoms with E-state index < -0.39 is 0 Å². The van der Waals surface area contributed by atoms with Crippen LogP contribution in [0, 0.1) is 20.8 Å². The molecule has 2 aromatic heterocycles. The fourth-order valence-electron chi connectivity index (χ4n) is 3.44. The Kier molecular flexibility index (Phi) is 3.96. The fourth-order valence-corrected chi connectivity index (χ4v) is 3.44. The van der Waals surface area contributed by atoms with Gasteiger partial charge in [-0.25, -0.2) is 14.5 Å². The second kappa shape index (κ2) is 6.30. The molecule has 0 fully saturated rings. The quantitative estimate of drug-likeness (QED) is 0.515. The van der Waals surface area contributed by atoms with Crippen LogP contribution in [0.15, 0.2) is 55.1 Å². The molecule has 0 saturated carbocycles. The molecular formula is C22H21N4+. The summed E-state index contributed by atoms with van der Waals surface area (Å²) in [5.74, 6) is 0.716. The molecule has 4 aromatic rings. The molecule has 0 bridgehead atoms. The van der Waals surface area contributed by atoms with Crippen LogP contribution in [0.3, 0.4) is 0 Å². The van der Waals surface area contributed by atoms with Gasteiger partial charge < -0.3 is 0 Å². The lowest BCUT2D eigenvalue weighted by atomic mass is 9.95. The van der Waals surface area contributed by atoms with Gasteiger partial charge in [0.1, 0.15) is 5.69 Å². The standard InChI is InChI=1S/C22H21N4/c1-14-10-15(2)16(3)19(11-14)21-18-7-6-17(22-23-8-5-9-24-22)12-20(18)25-13-26(21)4/h5-13H,1-4H3/q+1. The number of hydrogen-bond donors (Lipinski definition) is 0. The number of rotatable bonds is 2. The Labute approximate surface area is 153 Å². The molecule has 0 aliphatic carbocycles.